The summed E-state index contributed by atoms with van der Waals surface area (Å²) in [5, 5.41) is 3.31. The van der Waals surface area contributed by atoms with Crippen molar-refractivity contribution in [1.29, 1.82) is 0 Å². The number of carbonyl (C=O) groups excluding carboxylic acids is 1. The Labute approximate surface area is 114 Å². The second kappa shape index (κ2) is 7.14. The highest BCUT2D eigenvalue weighted by atomic mass is 16.5. The minimum atomic E-state index is 0.0828. The molecule has 1 amide bonds. The van der Waals surface area contributed by atoms with Gasteiger partial charge in [0.05, 0.1) is 0 Å². The van der Waals surface area contributed by atoms with E-state index in [-0.39, 0.29) is 12.5 Å². The first-order valence-electron chi connectivity index (χ1n) is 6.99. The van der Waals surface area contributed by atoms with E-state index in [9.17, 15) is 4.79 Å². The molecule has 1 aromatic carbocycles. The van der Waals surface area contributed by atoms with Gasteiger partial charge in [-0.25, -0.2) is 0 Å². The summed E-state index contributed by atoms with van der Waals surface area (Å²) in [5.41, 5.74) is 0. The SMILES string of the molecule is CCCN(C(=O)COc1ccccc1)C1CCNC1. The molecule has 1 N–H and O–H groups in total. The largest absolute Gasteiger partial charge is 0.484 e. The maximum absolute atomic E-state index is 12.3. The maximum Gasteiger partial charge on any atom is 0.260 e. The van der Waals surface area contributed by atoms with Crippen LogP contribution in [0, 0.1) is 0 Å². The van der Waals surface area contributed by atoms with Crippen molar-refractivity contribution in [3.8, 4) is 5.75 Å². The zero-order chi connectivity index (χ0) is 13.5. The molecule has 0 bridgehead atoms. The van der Waals surface area contributed by atoms with Crippen molar-refractivity contribution in [2.75, 3.05) is 26.2 Å². The molecule has 1 heterocycles. The monoisotopic (exact) mass is 262 g/mol. The van der Waals surface area contributed by atoms with Gasteiger partial charge in [-0.05, 0) is 31.5 Å². The van der Waals surface area contributed by atoms with Crippen molar-refractivity contribution in [2.45, 2.75) is 25.8 Å². The van der Waals surface area contributed by atoms with Gasteiger partial charge >= 0.3 is 0 Å². The number of benzene rings is 1. The molecule has 4 nitrogen and oxygen atoms in total. The summed E-state index contributed by atoms with van der Waals surface area (Å²) in [5.74, 6) is 0.830. The number of amides is 1. The van der Waals surface area contributed by atoms with E-state index in [1.165, 1.54) is 0 Å². The number of carbonyl (C=O) groups is 1. The van der Waals surface area contributed by atoms with E-state index in [2.05, 4.69) is 12.2 Å². The lowest BCUT2D eigenvalue weighted by Gasteiger charge is -2.28. The summed E-state index contributed by atoms with van der Waals surface area (Å²) in [6, 6.07) is 9.81. The molecule has 1 atom stereocenters. The molecule has 0 aromatic heterocycles. The topological polar surface area (TPSA) is 41.6 Å². The lowest BCUT2D eigenvalue weighted by Crippen LogP contribution is -2.44. The molecule has 1 saturated heterocycles. The van der Waals surface area contributed by atoms with Crippen LogP contribution in [0.3, 0.4) is 0 Å². The third-order valence-electron chi connectivity index (χ3n) is 3.37. The van der Waals surface area contributed by atoms with Crippen LogP contribution >= 0.6 is 0 Å². The fourth-order valence-electron chi connectivity index (χ4n) is 2.40. The molecule has 1 aromatic rings. The normalized spacial score (nSPS) is 18.3. The maximum atomic E-state index is 12.3. The van der Waals surface area contributed by atoms with Gasteiger partial charge in [-0.3, -0.25) is 4.79 Å². The lowest BCUT2D eigenvalue weighted by molar-refractivity contribution is -0.135. The van der Waals surface area contributed by atoms with Crippen molar-refractivity contribution < 1.29 is 9.53 Å². The predicted octanol–water partition coefficient (Wildman–Crippen LogP) is 1.67. The van der Waals surface area contributed by atoms with Crippen molar-refractivity contribution in [3.63, 3.8) is 0 Å². The summed E-state index contributed by atoms with van der Waals surface area (Å²) in [6.07, 6.45) is 2.02. The smallest absolute Gasteiger partial charge is 0.260 e. The third-order valence-corrected chi connectivity index (χ3v) is 3.37. The molecular formula is C15H22N2O2. The van der Waals surface area contributed by atoms with Crippen LogP contribution in [0.4, 0.5) is 0 Å². The minimum absolute atomic E-state index is 0.0828. The number of para-hydroxylation sites is 1. The van der Waals surface area contributed by atoms with Crippen LogP contribution in [0.15, 0.2) is 30.3 Å². The molecule has 1 fully saturated rings. The van der Waals surface area contributed by atoms with E-state index in [4.69, 9.17) is 4.74 Å². The van der Waals surface area contributed by atoms with Gasteiger partial charge in [-0.1, -0.05) is 25.1 Å². The molecule has 4 heteroatoms. The van der Waals surface area contributed by atoms with E-state index in [0.717, 1.165) is 38.2 Å². The van der Waals surface area contributed by atoms with Crippen molar-refractivity contribution >= 4 is 5.91 Å². The molecule has 104 valence electrons. The molecule has 0 aliphatic carbocycles. The van der Waals surface area contributed by atoms with Crippen LogP contribution in [0.1, 0.15) is 19.8 Å². The average molecular weight is 262 g/mol. The summed E-state index contributed by atoms with van der Waals surface area (Å²) in [6.45, 7) is 4.93. The zero-order valence-electron chi connectivity index (χ0n) is 11.5. The number of nitrogens with one attached hydrogen (secondary N) is 1. The van der Waals surface area contributed by atoms with E-state index in [1.807, 2.05) is 35.2 Å². The van der Waals surface area contributed by atoms with Gasteiger partial charge in [-0.2, -0.15) is 0 Å². The highest BCUT2D eigenvalue weighted by Gasteiger charge is 2.25. The zero-order valence-corrected chi connectivity index (χ0v) is 11.5. The standard InChI is InChI=1S/C15H22N2O2/c1-2-10-17(13-8-9-16-11-13)15(18)12-19-14-6-4-3-5-7-14/h3-7,13,16H,2,8-12H2,1H3. The van der Waals surface area contributed by atoms with Gasteiger partial charge in [0.1, 0.15) is 5.75 Å². The number of rotatable bonds is 6. The van der Waals surface area contributed by atoms with E-state index in [1.54, 1.807) is 0 Å². The van der Waals surface area contributed by atoms with Crippen LogP contribution in [0.5, 0.6) is 5.75 Å². The average Bonchev–Trinajstić information content (AvgIpc) is 2.97. The second-order valence-electron chi connectivity index (χ2n) is 4.84. The summed E-state index contributed by atoms with van der Waals surface area (Å²) < 4.78 is 5.54. The molecule has 1 aliphatic rings. The third kappa shape index (κ3) is 3.96. The Hall–Kier alpha value is -1.55. The first-order chi connectivity index (χ1) is 9.31. The molecule has 1 aliphatic heterocycles. The molecule has 1 unspecified atom stereocenters. The number of nitrogens with zero attached hydrogens (tertiary/aromatic N) is 1. The quantitative estimate of drug-likeness (QED) is 0.848. The molecule has 2 rings (SSSR count). The van der Waals surface area contributed by atoms with Crippen LogP contribution in [0.25, 0.3) is 0 Å². The first kappa shape index (κ1) is 13.9. The van der Waals surface area contributed by atoms with Gasteiger partial charge in [0, 0.05) is 19.1 Å². The van der Waals surface area contributed by atoms with Crippen LogP contribution in [0.2, 0.25) is 0 Å². The summed E-state index contributed by atoms with van der Waals surface area (Å²) >= 11 is 0. The van der Waals surface area contributed by atoms with Gasteiger partial charge in [0.15, 0.2) is 6.61 Å². The van der Waals surface area contributed by atoms with E-state index >= 15 is 0 Å². The Kier molecular flexibility index (Phi) is 5.21. The molecule has 0 spiro atoms. The Balaban J connectivity index is 1.88. The van der Waals surface area contributed by atoms with Gasteiger partial charge in [-0.15, -0.1) is 0 Å². The first-order valence-corrected chi connectivity index (χ1v) is 6.99. The number of ether oxygens (including phenoxy) is 1. The van der Waals surface area contributed by atoms with E-state index < -0.39 is 0 Å². The summed E-state index contributed by atoms with van der Waals surface area (Å²) in [4.78, 5) is 14.2. The van der Waals surface area contributed by atoms with Crippen molar-refractivity contribution in [3.05, 3.63) is 30.3 Å². The minimum Gasteiger partial charge on any atom is -0.484 e. The lowest BCUT2D eigenvalue weighted by atomic mass is 10.2. The van der Waals surface area contributed by atoms with Gasteiger partial charge < -0.3 is 15.0 Å². The molecular weight excluding hydrogens is 240 g/mol. The number of hydrogen-bond acceptors (Lipinski definition) is 3. The summed E-state index contributed by atoms with van der Waals surface area (Å²) in [7, 11) is 0. The fraction of sp³-hybridized carbons (Fsp3) is 0.533. The van der Waals surface area contributed by atoms with Crippen LogP contribution in [-0.2, 0) is 4.79 Å². The second-order valence-corrected chi connectivity index (χ2v) is 4.84. The van der Waals surface area contributed by atoms with Gasteiger partial charge in [0.25, 0.3) is 5.91 Å². The van der Waals surface area contributed by atoms with Crippen molar-refractivity contribution in [1.82, 2.24) is 10.2 Å². The Morgan fingerprint density at radius 3 is 2.84 bits per heavy atom. The fourth-order valence-corrected chi connectivity index (χ4v) is 2.40. The molecule has 0 saturated carbocycles. The predicted molar refractivity (Wildman–Crippen MR) is 75.2 cm³/mol. The highest BCUT2D eigenvalue weighted by Crippen LogP contribution is 2.12. The van der Waals surface area contributed by atoms with E-state index in [0.29, 0.717) is 6.04 Å². The van der Waals surface area contributed by atoms with Gasteiger partial charge in [0.2, 0.25) is 0 Å². The Morgan fingerprint density at radius 2 is 2.21 bits per heavy atom. The molecule has 0 radical (unpaired) electrons. The Bertz CT molecular complexity index is 388. The van der Waals surface area contributed by atoms with Crippen LogP contribution < -0.4 is 10.1 Å². The number of hydrogen-bond donors (Lipinski definition) is 1. The Morgan fingerprint density at radius 1 is 1.42 bits per heavy atom. The molecule has 19 heavy (non-hydrogen) atoms. The van der Waals surface area contributed by atoms with Crippen LogP contribution in [-0.4, -0.2) is 43.1 Å². The highest BCUT2D eigenvalue weighted by molar-refractivity contribution is 5.78. The van der Waals surface area contributed by atoms with Crippen molar-refractivity contribution in [2.24, 2.45) is 0 Å².